The molecule has 3 heterocycles. The van der Waals surface area contributed by atoms with Crippen LogP contribution in [0, 0.1) is 0 Å². The lowest BCUT2D eigenvalue weighted by atomic mass is 10.3. The summed E-state index contributed by atoms with van der Waals surface area (Å²) in [5.74, 6) is 0.881. The molecule has 3 rings (SSSR count). The first-order valence-corrected chi connectivity index (χ1v) is 11.2. The van der Waals surface area contributed by atoms with Gasteiger partial charge in [-0.05, 0) is 25.0 Å². The zero-order valence-corrected chi connectivity index (χ0v) is 18.9. The molecule has 11 heteroatoms. The van der Waals surface area contributed by atoms with Crippen molar-refractivity contribution in [1.29, 1.82) is 0 Å². The van der Waals surface area contributed by atoms with Gasteiger partial charge in [-0.3, -0.25) is 19.4 Å². The van der Waals surface area contributed by atoms with E-state index in [-0.39, 0.29) is 18.4 Å². The van der Waals surface area contributed by atoms with Gasteiger partial charge in [-0.25, -0.2) is 0 Å². The Balaban J connectivity index is 1.42. The predicted molar refractivity (Wildman–Crippen MR) is 118 cm³/mol. The highest BCUT2D eigenvalue weighted by Crippen LogP contribution is 2.29. The monoisotopic (exact) mass is 450 g/mol. The van der Waals surface area contributed by atoms with E-state index in [0.717, 1.165) is 25.1 Å². The van der Waals surface area contributed by atoms with Crippen LogP contribution in [0.5, 0.6) is 0 Å². The van der Waals surface area contributed by atoms with E-state index >= 15 is 0 Å². The first-order valence-electron chi connectivity index (χ1n) is 10.4. The largest absolute Gasteiger partial charge is 0.468 e. The van der Waals surface area contributed by atoms with E-state index in [1.165, 1.54) is 11.3 Å². The lowest BCUT2D eigenvalue weighted by molar-refractivity contribution is -0.120. The van der Waals surface area contributed by atoms with E-state index < -0.39 is 0 Å². The zero-order chi connectivity index (χ0) is 22.1. The van der Waals surface area contributed by atoms with Crippen molar-refractivity contribution in [1.82, 2.24) is 20.4 Å². The van der Waals surface area contributed by atoms with E-state index in [4.69, 9.17) is 9.15 Å². The summed E-state index contributed by atoms with van der Waals surface area (Å²) in [5, 5.41) is 12.4. The van der Waals surface area contributed by atoms with Crippen LogP contribution >= 0.6 is 11.3 Å². The number of ether oxygens (including phenoxy) is 1. The molecular weight excluding hydrogens is 420 g/mol. The Kier molecular flexibility index (Phi) is 8.80. The molecule has 0 atom stereocenters. The minimum Gasteiger partial charge on any atom is -0.468 e. The van der Waals surface area contributed by atoms with Crippen LogP contribution in [0.2, 0.25) is 0 Å². The molecule has 0 saturated carbocycles. The average molecular weight is 451 g/mol. The molecule has 2 amide bonds. The van der Waals surface area contributed by atoms with Crippen LogP contribution in [0.15, 0.2) is 22.8 Å². The van der Waals surface area contributed by atoms with Crippen molar-refractivity contribution >= 4 is 33.4 Å². The molecule has 2 aromatic rings. The summed E-state index contributed by atoms with van der Waals surface area (Å²) in [4.78, 5) is 29.9. The van der Waals surface area contributed by atoms with Gasteiger partial charge in [-0.2, -0.15) is 0 Å². The summed E-state index contributed by atoms with van der Waals surface area (Å²) in [6.45, 7) is 4.33. The molecule has 1 aliphatic rings. The van der Waals surface area contributed by atoms with Crippen LogP contribution in [0.25, 0.3) is 0 Å². The Morgan fingerprint density at radius 3 is 2.97 bits per heavy atom. The normalized spacial score (nSPS) is 13.9. The second-order valence-electron chi connectivity index (χ2n) is 7.42. The number of carbonyl (C=O) groups is 2. The fourth-order valence-electron chi connectivity index (χ4n) is 3.34. The lowest BCUT2D eigenvalue weighted by Crippen LogP contribution is -2.39. The van der Waals surface area contributed by atoms with Gasteiger partial charge in [0.15, 0.2) is 0 Å². The highest BCUT2D eigenvalue weighted by Gasteiger charge is 2.25. The van der Waals surface area contributed by atoms with Crippen molar-refractivity contribution in [3.63, 3.8) is 0 Å². The number of nitrogens with one attached hydrogen (secondary N) is 1. The lowest BCUT2D eigenvalue weighted by Gasteiger charge is -2.22. The third kappa shape index (κ3) is 7.01. The standard InChI is InChI=1S/C20H30N6O4S/c1-24(19-22-23-20(31-19)26-10-3-7-18(26)28)15-17(27)21-8-11-25(9-5-12-29-2)14-16-6-4-13-30-16/h4,6,13H,3,5,7-12,14-15H2,1-2H3,(H,21,27). The summed E-state index contributed by atoms with van der Waals surface area (Å²) in [7, 11) is 3.49. The Morgan fingerprint density at radius 1 is 1.39 bits per heavy atom. The molecule has 0 unspecified atom stereocenters. The van der Waals surface area contributed by atoms with Crippen LogP contribution in [-0.2, 0) is 20.9 Å². The van der Waals surface area contributed by atoms with Gasteiger partial charge in [0.1, 0.15) is 5.76 Å². The number of nitrogens with zero attached hydrogens (tertiary/aromatic N) is 5. The molecule has 0 aromatic carbocycles. The fraction of sp³-hybridized carbons (Fsp3) is 0.600. The number of amides is 2. The summed E-state index contributed by atoms with van der Waals surface area (Å²) < 4.78 is 10.6. The number of rotatable bonds is 13. The molecule has 1 aliphatic heterocycles. The van der Waals surface area contributed by atoms with Crippen LogP contribution in [-0.4, -0.2) is 80.4 Å². The molecule has 1 fully saturated rings. The number of hydrogen-bond donors (Lipinski definition) is 1. The Hall–Kier alpha value is -2.50. The van der Waals surface area contributed by atoms with Gasteiger partial charge in [-0.1, -0.05) is 11.3 Å². The number of carbonyl (C=O) groups excluding carboxylic acids is 2. The maximum Gasteiger partial charge on any atom is 0.239 e. The van der Waals surface area contributed by atoms with Gasteiger partial charge in [-0.15, -0.1) is 10.2 Å². The van der Waals surface area contributed by atoms with Crippen LogP contribution in [0.4, 0.5) is 10.3 Å². The molecule has 2 aromatic heterocycles. The van der Waals surface area contributed by atoms with Gasteiger partial charge >= 0.3 is 0 Å². The Labute approximate surface area is 186 Å². The van der Waals surface area contributed by atoms with Crippen molar-refractivity contribution in [2.45, 2.75) is 25.8 Å². The maximum atomic E-state index is 12.4. The summed E-state index contributed by atoms with van der Waals surface area (Å²) in [5.41, 5.74) is 0. The molecule has 170 valence electrons. The molecule has 31 heavy (non-hydrogen) atoms. The molecule has 1 N–H and O–H groups in total. The number of methoxy groups -OCH3 is 1. The Morgan fingerprint density at radius 2 is 2.26 bits per heavy atom. The highest BCUT2D eigenvalue weighted by molar-refractivity contribution is 7.19. The minimum atomic E-state index is -0.0914. The summed E-state index contributed by atoms with van der Waals surface area (Å²) in [6.07, 6.45) is 3.97. The van der Waals surface area contributed by atoms with Crippen molar-refractivity contribution < 1.29 is 18.7 Å². The van der Waals surface area contributed by atoms with Gasteiger partial charge in [0, 0.05) is 53.4 Å². The SMILES string of the molecule is COCCCN(CCNC(=O)CN(C)c1nnc(N2CCCC2=O)s1)Cc1ccco1. The number of furan rings is 1. The molecule has 1 saturated heterocycles. The molecule has 0 bridgehead atoms. The van der Waals surface area contributed by atoms with E-state index in [1.54, 1.807) is 30.2 Å². The maximum absolute atomic E-state index is 12.4. The van der Waals surface area contributed by atoms with Gasteiger partial charge in [0.25, 0.3) is 0 Å². The summed E-state index contributed by atoms with van der Waals surface area (Å²) >= 11 is 1.32. The van der Waals surface area contributed by atoms with Gasteiger partial charge in [0.05, 0.1) is 19.4 Å². The number of aromatic nitrogens is 2. The Bertz CT molecular complexity index is 828. The van der Waals surface area contributed by atoms with Crippen LogP contribution in [0.3, 0.4) is 0 Å². The van der Waals surface area contributed by atoms with Gasteiger partial charge in [0.2, 0.25) is 22.1 Å². The van der Waals surface area contributed by atoms with Crippen LogP contribution in [0.1, 0.15) is 25.0 Å². The van der Waals surface area contributed by atoms with E-state index in [9.17, 15) is 9.59 Å². The first kappa shape index (κ1) is 23.2. The topological polar surface area (TPSA) is 104 Å². The summed E-state index contributed by atoms with van der Waals surface area (Å²) in [6, 6.07) is 3.82. The van der Waals surface area contributed by atoms with Gasteiger partial charge < -0.3 is 19.4 Å². The molecule has 0 radical (unpaired) electrons. The van der Waals surface area contributed by atoms with Crippen molar-refractivity contribution in [2.24, 2.45) is 0 Å². The first-order chi connectivity index (χ1) is 15.1. The smallest absolute Gasteiger partial charge is 0.239 e. The number of hydrogen-bond acceptors (Lipinski definition) is 9. The van der Waals surface area contributed by atoms with E-state index in [1.807, 2.05) is 12.1 Å². The number of likely N-dealkylation sites (N-methyl/N-ethyl adjacent to an activating group) is 1. The van der Waals surface area contributed by atoms with E-state index in [0.29, 0.717) is 49.5 Å². The highest BCUT2D eigenvalue weighted by atomic mass is 32.1. The van der Waals surface area contributed by atoms with Crippen molar-refractivity contribution in [3.05, 3.63) is 24.2 Å². The fourth-order valence-corrected chi connectivity index (χ4v) is 4.19. The molecule has 10 nitrogen and oxygen atoms in total. The second-order valence-corrected chi connectivity index (χ2v) is 8.36. The minimum absolute atomic E-state index is 0.0766. The van der Waals surface area contributed by atoms with Crippen molar-refractivity contribution in [2.75, 3.05) is 63.3 Å². The predicted octanol–water partition coefficient (Wildman–Crippen LogP) is 1.35. The third-order valence-electron chi connectivity index (χ3n) is 4.95. The quantitative estimate of drug-likeness (QED) is 0.456. The third-order valence-corrected chi connectivity index (χ3v) is 6.01. The van der Waals surface area contributed by atoms with Crippen molar-refractivity contribution in [3.8, 4) is 0 Å². The zero-order valence-electron chi connectivity index (χ0n) is 18.1. The number of anilines is 2. The second kappa shape index (κ2) is 11.8. The molecule has 0 spiro atoms. The van der Waals surface area contributed by atoms with Crippen LogP contribution < -0.4 is 15.1 Å². The molecular formula is C20H30N6O4S. The van der Waals surface area contributed by atoms with E-state index in [2.05, 4.69) is 20.4 Å². The molecule has 0 aliphatic carbocycles. The average Bonchev–Trinajstić information content (AvgIpc) is 3.49.